The normalized spacial score (nSPS) is 12.1. The number of ether oxygens (including phenoxy) is 1. The number of aromatic nitrogens is 4. The Hall–Kier alpha value is -3.24. The van der Waals surface area contributed by atoms with Crippen LogP contribution in [-0.4, -0.2) is 56.6 Å². The first-order valence-electron chi connectivity index (χ1n) is 9.34. The van der Waals surface area contributed by atoms with Crippen LogP contribution >= 0.6 is 0 Å². The molecule has 0 saturated heterocycles. The molecule has 0 bridgehead atoms. The van der Waals surface area contributed by atoms with Crippen molar-refractivity contribution >= 4 is 28.3 Å². The van der Waals surface area contributed by atoms with Gasteiger partial charge in [-0.05, 0) is 32.0 Å². The highest BCUT2D eigenvalue weighted by atomic mass is 16.5. The molecule has 3 aromatic rings. The minimum atomic E-state index is -0.460. The third-order valence-electron chi connectivity index (χ3n) is 4.18. The maximum Gasteiger partial charge on any atom is 0.239 e. The molecule has 29 heavy (non-hydrogen) atoms. The monoisotopic (exact) mass is 399 g/mol. The van der Waals surface area contributed by atoms with Crippen molar-refractivity contribution in [3.63, 3.8) is 0 Å². The summed E-state index contributed by atoms with van der Waals surface area (Å²) in [4.78, 5) is 19.6. The Bertz CT molecular complexity index is 960. The van der Waals surface area contributed by atoms with Gasteiger partial charge in [-0.3, -0.25) is 9.48 Å². The van der Waals surface area contributed by atoms with Crippen LogP contribution in [0.2, 0.25) is 0 Å². The summed E-state index contributed by atoms with van der Waals surface area (Å²) in [6.07, 6.45) is 5.58. The lowest BCUT2D eigenvalue weighted by Gasteiger charge is -2.11. The largest absolute Gasteiger partial charge is 0.493 e. The molecular weight excluding hydrogens is 374 g/mol. The second-order valence-corrected chi connectivity index (χ2v) is 6.66. The van der Waals surface area contributed by atoms with Gasteiger partial charge in [0.1, 0.15) is 24.4 Å². The Balaban J connectivity index is 1.62. The number of carbonyl (C=O) groups excluding carboxylic acids is 1. The van der Waals surface area contributed by atoms with Crippen LogP contribution in [0.3, 0.4) is 0 Å². The Labute approximate surface area is 168 Å². The van der Waals surface area contributed by atoms with Crippen molar-refractivity contribution in [2.24, 2.45) is 5.73 Å². The fraction of sp³-hybridized carbons (Fsp3) is 0.368. The van der Waals surface area contributed by atoms with Gasteiger partial charge in [0.05, 0.1) is 30.6 Å². The van der Waals surface area contributed by atoms with E-state index in [0.29, 0.717) is 18.1 Å². The number of fused-ring (bicyclic) bond motifs is 1. The molecule has 0 saturated carbocycles. The van der Waals surface area contributed by atoms with Crippen LogP contribution in [0.25, 0.3) is 10.9 Å². The molecule has 0 fully saturated rings. The van der Waals surface area contributed by atoms with E-state index in [1.807, 2.05) is 25.1 Å². The molecule has 1 atom stereocenters. The summed E-state index contributed by atoms with van der Waals surface area (Å²) in [6.45, 7) is 3.40. The molecule has 0 unspecified atom stereocenters. The number of nitrogens with one attached hydrogen (secondary N) is 2. The maximum absolute atomic E-state index is 11.0. The Morgan fingerprint density at radius 3 is 3.03 bits per heavy atom. The SMILES string of the molecule is C[C@@H](CO)NCCCOc1ccc2c(Nc3cnn(CC(N)=O)c3)ncnc2c1. The van der Waals surface area contributed by atoms with Crippen molar-refractivity contribution in [2.75, 3.05) is 25.1 Å². The number of nitrogens with two attached hydrogens (primary N) is 1. The highest BCUT2D eigenvalue weighted by Gasteiger charge is 2.08. The summed E-state index contributed by atoms with van der Waals surface area (Å²) in [5, 5.41) is 20.3. The van der Waals surface area contributed by atoms with E-state index in [0.717, 1.165) is 29.6 Å². The molecule has 154 valence electrons. The number of carbonyl (C=O) groups is 1. The van der Waals surface area contributed by atoms with Crippen molar-refractivity contribution in [3.05, 3.63) is 36.9 Å². The van der Waals surface area contributed by atoms with E-state index in [1.165, 1.54) is 11.0 Å². The second-order valence-electron chi connectivity index (χ2n) is 6.66. The van der Waals surface area contributed by atoms with Crippen molar-refractivity contribution < 1.29 is 14.6 Å². The number of benzene rings is 1. The number of primary amides is 1. The van der Waals surface area contributed by atoms with Crippen LogP contribution in [-0.2, 0) is 11.3 Å². The maximum atomic E-state index is 11.0. The van der Waals surface area contributed by atoms with Gasteiger partial charge in [0, 0.05) is 23.7 Å². The zero-order chi connectivity index (χ0) is 20.6. The molecule has 0 spiro atoms. The molecule has 5 N–H and O–H groups in total. The van der Waals surface area contributed by atoms with Gasteiger partial charge in [-0.2, -0.15) is 5.10 Å². The number of nitrogens with zero attached hydrogens (tertiary/aromatic N) is 4. The van der Waals surface area contributed by atoms with Crippen LogP contribution < -0.4 is 21.1 Å². The molecule has 0 aliphatic heterocycles. The predicted molar refractivity (Wildman–Crippen MR) is 109 cm³/mol. The van der Waals surface area contributed by atoms with Crippen LogP contribution in [0, 0.1) is 0 Å². The molecule has 0 aliphatic rings. The number of hydrogen-bond donors (Lipinski definition) is 4. The van der Waals surface area contributed by atoms with E-state index < -0.39 is 5.91 Å². The standard InChI is InChI=1S/C19H25N7O3/c1-13(11-27)21-5-2-6-29-15-3-4-16-17(7-15)22-12-23-19(16)25-14-8-24-26(9-14)10-18(20)28/h3-4,7-9,12-13,21,27H,2,5-6,10-11H2,1H3,(H2,20,28)(H,22,23,25)/t13-/m0/s1. The van der Waals surface area contributed by atoms with E-state index >= 15 is 0 Å². The molecule has 10 heteroatoms. The van der Waals surface area contributed by atoms with E-state index in [-0.39, 0.29) is 19.2 Å². The highest BCUT2D eigenvalue weighted by Crippen LogP contribution is 2.26. The average Bonchev–Trinajstić information content (AvgIpc) is 3.13. The van der Waals surface area contributed by atoms with Crippen LogP contribution in [0.4, 0.5) is 11.5 Å². The Morgan fingerprint density at radius 2 is 2.24 bits per heavy atom. The zero-order valence-electron chi connectivity index (χ0n) is 16.2. The van der Waals surface area contributed by atoms with E-state index in [1.54, 1.807) is 12.4 Å². The van der Waals surface area contributed by atoms with E-state index in [2.05, 4.69) is 25.7 Å². The number of rotatable bonds is 11. The van der Waals surface area contributed by atoms with Crippen LogP contribution in [0.15, 0.2) is 36.9 Å². The first-order chi connectivity index (χ1) is 14.0. The topological polar surface area (TPSA) is 140 Å². The number of aliphatic hydroxyl groups excluding tert-OH is 1. The summed E-state index contributed by atoms with van der Waals surface area (Å²) >= 11 is 0. The molecule has 2 heterocycles. The lowest BCUT2D eigenvalue weighted by atomic mass is 10.2. The fourth-order valence-corrected chi connectivity index (χ4v) is 2.71. The number of hydrogen-bond acceptors (Lipinski definition) is 8. The Kier molecular flexibility index (Phi) is 6.93. The lowest BCUT2D eigenvalue weighted by molar-refractivity contribution is -0.118. The molecule has 1 aromatic carbocycles. The van der Waals surface area contributed by atoms with Gasteiger partial charge in [-0.25, -0.2) is 9.97 Å². The fourth-order valence-electron chi connectivity index (χ4n) is 2.71. The first kappa shape index (κ1) is 20.5. The Morgan fingerprint density at radius 1 is 1.38 bits per heavy atom. The van der Waals surface area contributed by atoms with Gasteiger partial charge in [-0.1, -0.05) is 0 Å². The summed E-state index contributed by atoms with van der Waals surface area (Å²) in [6, 6.07) is 5.72. The third kappa shape index (κ3) is 5.87. The average molecular weight is 399 g/mol. The van der Waals surface area contributed by atoms with Crippen molar-refractivity contribution in [2.45, 2.75) is 25.9 Å². The predicted octanol–water partition coefficient (Wildman–Crippen LogP) is 0.795. The minimum Gasteiger partial charge on any atom is -0.493 e. The number of aliphatic hydroxyl groups is 1. The zero-order valence-corrected chi connectivity index (χ0v) is 16.2. The molecule has 1 amide bonds. The summed E-state index contributed by atoms with van der Waals surface area (Å²) < 4.78 is 7.24. The van der Waals surface area contributed by atoms with Gasteiger partial charge < -0.3 is 26.2 Å². The summed E-state index contributed by atoms with van der Waals surface area (Å²) in [7, 11) is 0. The molecule has 0 radical (unpaired) electrons. The molecule has 3 rings (SSSR count). The molecule has 2 aromatic heterocycles. The lowest BCUT2D eigenvalue weighted by Crippen LogP contribution is -2.30. The number of amides is 1. The van der Waals surface area contributed by atoms with Gasteiger partial charge in [0.25, 0.3) is 0 Å². The summed E-state index contributed by atoms with van der Waals surface area (Å²) in [5.74, 6) is 0.896. The smallest absolute Gasteiger partial charge is 0.239 e. The van der Waals surface area contributed by atoms with Crippen LogP contribution in [0.5, 0.6) is 5.75 Å². The van der Waals surface area contributed by atoms with E-state index in [9.17, 15) is 4.79 Å². The quantitative estimate of drug-likeness (QED) is 0.347. The van der Waals surface area contributed by atoms with Crippen LogP contribution in [0.1, 0.15) is 13.3 Å². The molecular formula is C19H25N7O3. The van der Waals surface area contributed by atoms with Crippen molar-refractivity contribution in [3.8, 4) is 5.75 Å². The minimum absolute atomic E-state index is 0.0152. The van der Waals surface area contributed by atoms with Gasteiger partial charge in [0.2, 0.25) is 5.91 Å². The van der Waals surface area contributed by atoms with Crippen molar-refractivity contribution in [1.29, 1.82) is 0 Å². The third-order valence-corrected chi connectivity index (χ3v) is 4.18. The first-order valence-corrected chi connectivity index (χ1v) is 9.34. The molecule has 10 nitrogen and oxygen atoms in total. The highest BCUT2D eigenvalue weighted by molar-refractivity contribution is 5.91. The number of anilines is 2. The van der Waals surface area contributed by atoms with Gasteiger partial charge >= 0.3 is 0 Å². The summed E-state index contributed by atoms with van der Waals surface area (Å²) in [5.41, 5.74) is 6.62. The molecule has 0 aliphatic carbocycles. The van der Waals surface area contributed by atoms with Gasteiger partial charge in [-0.15, -0.1) is 0 Å². The van der Waals surface area contributed by atoms with Crippen molar-refractivity contribution in [1.82, 2.24) is 25.1 Å². The van der Waals surface area contributed by atoms with Gasteiger partial charge in [0.15, 0.2) is 0 Å². The van der Waals surface area contributed by atoms with E-state index in [4.69, 9.17) is 15.6 Å². The second kappa shape index (κ2) is 9.80.